The number of hydrogen-bond acceptors (Lipinski definition) is 5. The molecular weight excluding hydrogens is 308 g/mol. The van der Waals surface area contributed by atoms with Gasteiger partial charge in [0.05, 0.1) is 18.1 Å². The van der Waals surface area contributed by atoms with Crippen molar-refractivity contribution < 1.29 is 22.8 Å². The molecule has 0 aromatic heterocycles. The summed E-state index contributed by atoms with van der Waals surface area (Å²) >= 11 is 0. The SMILES string of the molecule is CONS(=O)(=O)c1ccc(C(=O)NCC[C@@H]2CCCO2)cc1. The zero-order valence-electron chi connectivity index (χ0n) is 12.4. The van der Waals surface area contributed by atoms with E-state index in [-0.39, 0.29) is 16.9 Å². The molecule has 7 nitrogen and oxygen atoms in total. The maximum atomic E-state index is 12.0. The Balaban J connectivity index is 1.87. The van der Waals surface area contributed by atoms with Crippen LogP contribution < -0.4 is 10.2 Å². The van der Waals surface area contributed by atoms with Gasteiger partial charge < -0.3 is 10.1 Å². The van der Waals surface area contributed by atoms with Crippen LogP contribution in [0, 0.1) is 0 Å². The van der Waals surface area contributed by atoms with E-state index >= 15 is 0 Å². The highest BCUT2D eigenvalue weighted by Crippen LogP contribution is 2.14. The van der Waals surface area contributed by atoms with E-state index in [2.05, 4.69) is 10.2 Å². The number of carbonyl (C=O) groups excluding carboxylic acids is 1. The first-order valence-electron chi connectivity index (χ1n) is 7.07. The lowest BCUT2D eigenvalue weighted by Crippen LogP contribution is -2.27. The fraction of sp³-hybridized carbons (Fsp3) is 0.500. The maximum Gasteiger partial charge on any atom is 0.262 e. The number of carbonyl (C=O) groups is 1. The van der Waals surface area contributed by atoms with Gasteiger partial charge in [0.1, 0.15) is 0 Å². The molecule has 0 unspecified atom stereocenters. The van der Waals surface area contributed by atoms with E-state index in [1.54, 1.807) is 0 Å². The molecule has 122 valence electrons. The first kappa shape index (κ1) is 16.9. The molecule has 22 heavy (non-hydrogen) atoms. The molecule has 8 heteroatoms. The maximum absolute atomic E-state index is 12.0. The van der Waals surface area contributed by atoms with E-state index in [9.17, 15) is 13.2 Å². The number of nitrogens with one attached hydrogen (secondary N) is 2. The van der Waals surface area contributed by atoms with E-state index in [0.29, 0.717) is 12.1 Å². The molecule has 1 aromatic rings. The Morgan fingerprint density at radius 3 is 2.68 bits per heavy atom. The van der Waals surface area contributed by atoms with Crippen molar-refractivity contribution in [2.24, 2.45) is 0 Å². The predicted molar refractivity (Wildman–Crippen MR) is 79.7 cm³/mol. The lowest BCUT2D eigenvalue weighted by molar-refractivity contribution is 0.0907. The molecule has 1 aliphatic rings. The van der Waals surface area contributed by atoms with E-state index in [1.165, 1.54) is 31.4 Å². The summed E-state index contributed by atoms with van der Waals surface area (Å²) in [6.07, 6.45) is 3.13. The Hall–Kier alpha value is -1.48. The molecule has 1 amide bonds. The molecule has 1 aliphatic heterocycles. The number of amides is 1. The van der Waals surface area contributed by atoms with Gasteiger partial charge >= 0.3 is 0 Å². The molecule has 1 heterocycles. The first-order chi connectivity index (χ1) is 10.5. The van der Waals surface area contributed by atoms with Gasteiger partial charge in [-0.3, -0.25) is 9.63 Å². The van der Waals surface area contributed by atoms with Crippen molar-refractivity contribution in [2.75, 3.05) is 20.3 Å². The first-order valence-corrected chi connectivity index (χ1v) is 8.56. The predicted octanol–water partition coefficient (Wildman–Crippen LogP) is 0.825. The quantitative estimate of drug-likeness (QED) is 0.723. The second-order valence-corrected chi connectivity index (χ2v) is 6.64. The number of rotatable bonds is 7. The molecule has 2 N–H and O–H groups in total. The second-order valence-electron chi connectivity index (χ2n) is 4.99. The zero-order valence-corrected chi connectivity index (χ0v) is 13.2. The van der Waals surface area contributed by atoms with E-state index in [0.717, 1.165) is 25.9 Å². The van der Waals surface area contributed by atoms with Gasteiger partial charge in [0.25, 0.3) is 15.9 Å². The third-order valence-electron chi connectivity index (χ3n) is 3.40. The minimum atomic E-state index is -3.70. The van der Waals surface area contributed by atoms with Gasteiger partial charge in [0.15, 0.2) is 0 Å². The fourth-order valence-corrected chi connectivity index (χ4v) is 3.07. The summed E-state index contributed by atoms with van der Waals surface area (Å²) in [7, 11) is -2.49. The van der Waals surface area contributed by atoms with Gasteiger partial charge in [-0.1, -0.05) is 4.89 Å². The monoisotopic (exact) mass is 328 g/mol. The average Bonchev–Trinajstić information content (AvgIpc) is 3.00. The Morgan fingerprint density at radius 1 is 1.36 bits per heavy atom. The molecule has 1 saturated heterocycles. The second kappa shape index (κ2) is 7.68. The zero-order chi connectivity index (χ0) is 16.0. The molecule has 0 saturated carbocycles. The third kappa shape index (κ3) is 4.51. The Kier molecular flexibility index (Phi) is 5.90. The van der Waals surface area contributed by atoms with Gasteiger partial charge in [-0.2, -0.15) is 0 Å². The minimum absolute atomic E-state index is 0.0326. The molecule has 0 spiro atoms. The minimum Gasteiger partial charge on any atom is -0.378 e. The lowest BCUT2D eigenvalue weighted by atomic mass is 10.1. The van der Waals surface area contributed by atoms with Crippen LogP contribution in [-0.4, -0.2) is 40.7 Å². The third-order valence-corrected chi connectivity index (χ3v) is 4.67. The van der Waals surface area contributed by atoms with Crippen LogP contribution in [0.4, 0.5) is 0 Å². The Bertz CT molecular complexity index is 594. The standard InChI is InChI=1S/C14H20N2O5S/c1-20-16-22(18,19)13-6-4-11(5-7-13)14(17)15-9-8-12-3-2-10-21-12/h4-7,12,16H,2-3,8-10H2,1H3,(H,15,17)/t12-/m0/s1. The van der Waals surface area contributed by atoms with E-state index < -0.39 is 10.0 Å². The van der Waals surface area contributed by atoms with Crippen LogP contribution in [0.1, 0.15) is 29.6 Å². The van der Waals surface area contributed by atoms with Gasteiger partial charge in [-0.15, -0.1) is 0 Å². The van der Waals surface area contributed by atoms with E-state index in [1.807, 2.05) is 4.89 Å². The highest BCUT2D eigenvalue weighted by atomic mass is 32.2. The number of sulfonamides is 1. The molecule has 0 aliphatic carbocycles. The fourth-order valence-electron chi connectivity index (χ4n) is 2.26. The highest BCUT2D eigenvalue weighted by Gasteiger charge is 2.16. The van der Waals surface area contributed by atoms with Crippen molar-refractivity contribution in [1.82, 2.24) is 10.2 Å². The van der Waals surface area contributed by atoms with Crippen molar-refractivity contribution in [3.05, 3.63) is 29.8 Å². The number of ether oxygens (including phenoxy) is 1. The van der Waals surface area contributed by atoms with Crippen LogP contribution in [0.3, 0.4) is 0 Å². The van der Waals surface area contributed by atoms with Crippen molar-refractivity contribution >= 4 is 15.9 Å². The van der Waals surface area contributed by atoms with E-state index in [4.69, 9.17) is 4.74 Å². The largest absolute Gasteiger partial charge is 0.378 e. The van der Waals surface area contributed by atoms with Crippen LogP contribution in [0.5, 0.6) is 0 Å². The van der Waals surface area contributed by atoms with Gasteiger partial charge in [-0.05, 0) is 43.5 Å². The molecule has 1 atom stereocenters. The molecule has 0 bridgehead atoms. The summed E-state index contributed by atoms with van der Waals surface area (Å²) in [6, 6.07) is 5.64. The van der Waals surface area contributed by atoms with Crippen molar-refractivity contribution in [1.29, 1.82) is 0 Å². The van der Waals surface area contributed by atoms with Crippen LogP contribution >= 0.6 is 0 Å². The normalized spacial score (nSPS) is 18.3. The molecule has 2 rings (SSSR count). The summed E-state index contributed by atoms with van der Waals surface area (Å²) in [4.78, 5) is 18.3. The highest BCUT2D eigenvalue weighted by molar-refractivity contribution is 7.89. The molecular formula is C14H20N2O5S. The molecule has 1 aromatic carbocycles. The van der Waals surface area contributed by atoms with Gasteiger partial charge in [0, 0.05) is 18.7 Å². The summed E-state index contributed by atoms with van der Waals surface area (Å²) < 4.78 is 28.8. The van der Waals surface area contributed by atoms with Crippen LogP contribution in [0.25, 0.3) is 0 Å². The van der Waals surface area contributed by atoms with Crippen molar-refractivity contribution in [3.63, 3.8) is 0 Å². The summed E-state index contributed by atoms with van der Waals surface area (Å²) in [5, 5.41) is 2.80. The summed E-state index contributed by atoms with van der Waals surface area (Å²) in [5.41, 5.74) is 0.406. The average molecular weight is 328 g/mol. The smallest absolute Gasteiger partial charge is 0.262 e. The lowest BCUT2D eigenvalue weighted by Gasteiger charge is -2.10. The van der Waals surface area contributed by atoms with Crippen LogP contribution in [0.15, 0.2) is 29.2 Å². The van der Waals surface area contributed by atoms with Gasteiger partial charge in [-0.25, -0.2) is 8.42 Å². The molecule has 1 fully saturated rings. The summed E-state index contributed by atoms with van der Waals surface area (Å²) in [5.74, 6) is -0.235. The van der Waals surface area contributed by atoms with Crippen molar-refractivity contribution in [2.45, 2.75) is 30.3 Å². The number of hydrogen-bond donors (Lipinski definition) is 2. The Morgan fingerprint density at radius 2 is 2.09 bits per heavy atom. The Labute approximate surface area is 130 Å². The van der Waals surface area contributed by atoms with Crippen LogP contribution in [0.2, 0.25) is 0 Å². The van der Waals surface area contributed by atoms with Crippen molar-refractivity contribution in [3.8, 4) is 0 Å². The number of benzene rings is 1. The topological polar surface area (TPSA) is 93.7 Å². The van der Waals surface area contributed by atoms with Gasteiger partial charge in [0.2, 0.25) is 0 Å². The summed E-state index contributed by atoms with van der Waals surface area (Å²) in [6.45, 7) is 1.33. The van der Waals surface area contributed by atoms with Crippen LogP contribution in [-0.2, 0) is 19.6 Å². The molecule has 0 radical (unpaired) electrons.